The van der Waals surface area contributed by atoms with Gasteiger partial charge in [-0.2, -0.15) is 0 Å². The molecule has 0 bridgehead atoms. The molecule has 2 heterocycles. The second kappa shape index (κ2) is 7.10. The van der Waals surface area contributed by atoms with E-state index in [0.717, 1.165) is 16.9 Å². The van der Waals surface area contributed by atoms with E-state index in [2.05, 4.69) is 20.6 Å². The Morgan fingerprint density at radius 3 is 3.00 bits per heavy atom. The van der Waals surface area contributed by atoms with Gasteiger partial charge >= 0.3 is 6.03 Å². The van der Waals surface area contributed by atoms with Crippen LogP contribution < -0.4 is 10.6 Å². The van der Waals surface area contributed by atoms with Crippen LogP contribution in [0.5, 0.6) is 0 Å². The molecular weight excluding hydrogens is 346 g/mol. The second-order valence-corrected chi connectivity index (χ2v) is 6.40. The van der Waals surface area contributed by atoms with E-state index in [4.69, 9.17) is 11.6 Å². The molecule has 2 aromatic rings. The van der Waals surface area contributed by atoms with E-state index in [1.54, 1.807) is 19.2 Å². The molecule has 132 valence electrons. The second-order valence-electron chi connectivity index (χ2n) is 5.97. The molecule has 4 amide bonds. The van der Waals surface area contributed by atoms with Crippen molar-refractivity contribution in [3.05, 3.63) is 29.0 Å². The molecule has 0 spiro atoms. The maximum Gasteiger partial charge on any atom is 0.322 e. The standard InChI is InChI=1S/C16H18ClN5O3/c1-22(15(24)11-4-5-14(23)21-16(25)20-11)7-6-13-18-10-3-2-9(17)8-12(10)19-13/h2-3,8,11H,4-7H2,1H3,(H,18,19)(H2,20,21,23,25)/t11-/m1/s1. The first kappa shape index (κ1) is 17.2. The Bertz CT molecular complexity index is 834. The Hall–Kier alpha value is -2.61. The zero-order valence-corrected chi connectivity index (χ0v) is 14.4. The maximum absolute atomic E-state index is 12.5. The molecule has 3 rings (SSSR count). The third kappa shape index (κ3) is 4.08. The van der Waals surface area contributed by atoms with Crippen molar-refractivity contribution in [2.45, 2.75) is 25.3 Å². The number of carbonyl (C=O) groups is 3. The summed E-state index contributed by atoms with van der Waals surface area (Å²) in [4.78, 5) is 44.5. The molecule has 1 aliphatic heterocycles. The number of carbonyl (C=O) groups excluding carboxylic acids is 3. The van der Waals surface area contributed by atoms with Gasteiger partial charge in [0.05, 0.1) is 11.0 Å². The summed E-state index contributed by atoms with van der Waals surface area (Å²) in [6.07, 6.45) is 0.948. The van der Waals surface area contributed by atoms with Gasteiger partial charge in [0.15, 0.2) is 0 Å². The van der Waals surface area contributed by atoms with Gasteiger partial charge < -0.3 is 15.2 Å². The van der Waals surface area contributed by atoms with E-state index >= 15 is 0 Å². The fourth-order valence-electron chi connectivity index (χ4n) is 2.72. The summed E-state index contributed by atoms with van der Waals surface area (Å²) in [5.74, 6) is 0.138. The number of aromatic nitrogens is 2. The molecular formula is C16H18ClN5O3. The highest BCUT2D eigenvalue weighted by Crippen LogP contribution is 2.17. The monoisotopic (exact) mass is 363 g/mol. The van der Waals surface area contributed by atoms with Crippen molar-refractivity contribution in [1.29, 1.82) is 0 Å². The van der Waals surface area contributed by atoms with Crippen LogP contribution >= 0.6 is 11.6 Å². The molecule has 1 fully saturated rings. The van der Waals surface area contributed by atoms with Gasteiger partial charge in [0, 0.05) is 31.5 Å². The van der Waals surface area contributed by atoms with E-state index in [1.165, 1.54) is 4.90 Å². The first-order valence-electron chi connectivity index (χ1n) is 7.92. The maximum atomic E-state index is 12.5. The van der Waals surface area contributed by atoms with Crippen LogP contribution in [0.15, 0.2) is 18.2 Å². The van der Waals surface area contributed by atoms with Gasteiger partial charge in [0.1, 0.15) is 11.9 Å². The van der Waals surface area contributed by atoms with Gasteiger partial charge in [-0.1, -0.05) is 11.6 Å². The molecule has 0 unspecified atom stereocenters. The quantitative estimate of drug-likeness (QED) is 0.758. The minimum atomic E-state index is -0.703. The van der Waals surface area contributed by atoms with Crippen LogP contribution in [0, 0.1) is 0 Å². The zero-order valence-electron chi connectivity index (χ0n) is 13.6. The first-order valence-corrected chi connectivity index (χ1v) is 8.29. The van der Waals surface area contributed by atoms with Crippen LogP contribution in [-0.4, -0.2) is 52.3 Å². The molecule has 1 atom stereocenters. The number of nitrogens with zero attached hydrogens (tertiary/aromatic N) is 2. The van der Waals surface area contributed by atoms with E-state index in [0.29, 0.717) is 18.0 Å². The molecule has 0 aliphatic carbocycles. The molecule has 25 heavy (non-hydrogen) atoms. The van der Waals surface area contributed by atoms with Crippen LogP contribution in [0.2, 0.25) is 5.02 Å². The lowest BCUT2D eigenvalue weighted by molar-refractivity contribution is -0.132. The van der Waals surface area contributed by atoms with Crippen molar-refractivity contribution >= 4 is 40.5 Å². The van der Waals surface area contributed by atoms with Crippen molar-refractivity contribution in [3.8, 4) is 0 Å². The predicted octanol–water partition coefficient (Wildman–Crippen LogP) is 1.21. The molecule has 8 nitrogen and oxygen atoms in total. The smallest absolute Gasteiger partial charge is 0.322 e. The van der Waals surface area contributed by atoms with Crippen molar-refractivity contribution in [2.75, 3.05) is 13.6 Å². The van der Waals surface area contributed by atoms with E-state index in [9.17, 15) is 14.4 Å². The highest BCUT2D eigenvalue weighted by molar-refractivity contribution is 6.31. The van der Waals surface area contributed by atoms with E-state index in [1.807, 2.05) is 6.07 Å². The molecule has 1 aromatic heterocycles. The number of H-pyrrole nitrogens is 1. The minimum absolute atomic E-state index is 0.132. The molecule has 9 heteroatoms. The predicted molar refractivity (Wildman–Crippen MR) is 92.1 cm³/mol. The molecule has 0 saturated carbocycles. The van der Waals surface area contributed by atoms with Gasteiger partial charge in [-0.15, -0.1) is 0 Å². The van der Waals surface area contributed by atoms with Crippen molar-refractivity contribution in [2.24, 2.45) is 0 Å². The number of fused-ring (bicyclic) bond motifs is 1. The number of nitrogens with one attached hydrogen (secondary N) is 3. The Balaban J connectivity index is 1.60. The average molecular weight is 364 g/mol. The van der Waals surface area contributed by atoms with Crippen LogP contribution in [0.1, 0.15) is 18.7 Å². The zero-order chi connectivity index (χ0) is 18.0. The highest BCUT2D eigenvalue weighted by atomic mass is 35.5. The van der Waals surface area contributed by atoms with Crippen LogP contribution in [-0.2, 0) is 16.0 Å². The van der Waals surface area contributed by atoms with Gasteiger partial charge in [-0.3, -0.25) is 14.9 Å². The summed E-state index contributed by atoms with van der Waals surface area (Å²) in [6, 6.07) is 4.06. The summed E-state index contributed by atoms with van der Waals surface area (Å²) in [7, 11) is 1.66. The molecule has 1 saturated heterocycles. The Labute approximate surface area is 148 Å². The lowest BCUT2D eigenvalue weighted by atomic mass is 10.1. The summed E-state index contributed by atoms with van der Waals surface area (Å²) < 4.78 is 0. The number of benzene rings is 1. The molecule has 3 N–H and O–H groups in total. The van der Waals surface area contributed by atoms with Gasteiger partial charge in [0.25, 0.3) is 0 Å². The van der Waals surface area contributed by atoms with Gasteiger partial charge in [-0.05, 0) is 24.6 Å². The summed E-state index contributed by atoms with van der Waals surface area (Å²) >= 11 is 5.95. The lowest BCUT2D eigenvalue weighted by Gasteiger charge is -2.22. The number of imidazole rings is 1. The molecule has 1 aliphatic rings. The van der Waals surface area contributed by atoms with Crippen molar-refractivity contribution in [3.63, 3.8) is 0 Å². The summed E-state index contributed by atoms with van der Waals surface area (Å²) in [6.45, 7) is 0.431. The number of imide groups is 1. The fraction of sp³-hybridized carbons (Fsp3) is 0.375. The van der Waals surface area contributed by atoms with Gasteiger partial charge in [-0.25, -0.2) is 9.78 Å². The van der Waals surface area contributed by atoms with Crippen LogP contribution in [0.25, 0.3) is 11.0 Å². The van der Waals surface area contributed by atoms with E-state index < -0.39 is 12.1 Å². The number of likely N-dealkylation sites (N-methyl/N-ethyl adjacent to an activating group) is 1. The summed E-state index contributed by atoms with van der Waals surface area (Å²) in [5, 5.41) is 5.30. The number of hydrogen-bond acceptors (Lipinski definition) is 4. The average Bonchev–Trinajstić information content (AvgIpc) is 2.88. The number of rotatable bonds is 4. The number of amides is 4. The van der Waals surface area contributed by atoms with Gasteiger partial charge in [0.2, 0.25) is 11.8 Å². The van der Waals surface area contributed by atoms with Crippen molar-refractivity contribution in [1.82, 2.24) is 25.5 Å². The lowest BCUT2D eigenvalue weighted by Crippen LogP contribution is -2.49. The largest absolute Gasteiger partial charge is 0.344 e. The highest BCUT2D eigenvalue weighted by Gasteiger charge is 2.28. The first-order chi connectivity index (χ1) is 11.9. The SMILES string of the molecule is CN(CCc1nc2ccc(Cl)cc2[nH]1)C(=O)[C@H]1CCC(=O)NC(=O)N1. The normalized spacial score (nSPS) is 17.8. The third-order valence-corrected chi connectivity index (χ3v) is 4.30. The van der Waals surface area contributed by atoms with Crippen molar-refractivity contribution < 1.29 is 14.4 Å². The van der Waals surface area contributed by atoms with E-state index in [-0.39, 0.29) is 24.7 Å². The topological polar surface area (TPSA) is 107 Å². The Morgan fingerprint density at radius 2 is 2.20 bits per heavy atom. The number of urea groups is 1. The number of hydrogen-bond donors (Lipinski definition) is 3. The number of halogens is 1. The minimum Gasteiger partial charge on any atom is -0.344 e. The molecule has 0 radical (unpaired) electrons. The third-order valence-electron chi connectivity index (χ3n) is 4.07. The Kier molecular flexibility index (Phi) is 4.89. The van der Waals surface area contributed by atoms with Crippen LogP contribution in [0.4, 0.5) is 4.79 Å². The Morgan fingerprint density at radius 1 is 1.40 bits per heavy atom. The van der Waals surface area contributed by atoms with Crippen LogP contribution in [0.3, 0.4) is 0 Å². The molecule has 1 aromatic carbocycles. The summed E-state index contributed by atoms with van der Waals surface area (Å²) in [5.41, 5.74) is 1.66. The fourth-order valence-corrected chi connectivity index (χ4v) is 2.89. The number of aromatic amines is 1.